The highest BCUT2D eigenvalue weighted by Crippen LogP contribution is 2.28. The largest absolute Gasteiger partial charge is 0.310 e. The molecule has 1 saturated carbocycles. The molecule has 2 aromatic rings. The SMILES string of the molecule is Cc1ccnc2c1nc(CCl)n2CC(C)N(C)C1CC1. The number of nitrogens with zero attached hydrogens (tertiary/aromatic N) is 4. The Morgan fingerprint density at radius 3 is 2.90 bits per heavy atom. The van der Waals surface area contributed by atoms with Gasteiger partial charge in [0.1, 0.15) is 11.3 Å². The van der Waals surface area contributed by atoms with E-state index in [-0.39, 0.29) is 0 Å². The Hall–Kier alpha value is -1.13. The monoisotopic (exact) mass is 292 g/mol. The van der Waals surface area contributed by atoms with Gasteiger partial charge in [0.2, 0.25) is 0 Å². The highest BCUT2D eigenvalue weighted by molar-refractivity contribution is 6.16. The van der Waals surface area contributed by atoms with Gasteiger partial charge in [0.15, 0.2) is 5.65 Å². The minimum Gasteiger partial charge on any atom is -0.310 e. The van der Waals surface area contributed by atoms with Gasteiger partial charge in [-0.25, -0.2) is 9.97 Å². The minimum atomic E-state index is 0.426. The zero-order valence-electron chi connectivity index (χ0n) is 12.3. The van der Waals surface area contributed by atoms with Crippen molar-refractivity contribution in [3.8, 4) is 0 Å². The second-order valence-electron chi connectivity index (χ2n) is 5.82. The van der Waals surface area contributed by atoms with Gasteiger partial charge in [-0.1, -0.05) is 0 Å². The Balaban J connectivity index is 1.94. The predicted octanol–water partition coefficient (Wildman–Crippen LogP) is 2.96. The van der Waals surface area contributed by atoms with E-state index in [1.165, 1.54) is 12.8 Å². The molecule has 1 atom stereocenters. The molecule has 0 N–H and O–H groups in total. The molecular formula is C15H21ClN4. The van der Waals surface area contributed by atoms with Crippen LogP contribution in [0.2, 0.25) is 0 Å². The molecule has 0 spiro atoms. The molecule has 0 bridgehead atoms. The molecule has 0 radical (unpaired) electrons. The number of halogens is 1. The molecule has 1 aliphatic carbocycles. The van der Waals surface area contributed by atoms with E-state index >= 15 is 0 Å². The van der Waals surface area contributed by atoms with E-state index in [0.717, 1.165) is 35.1 Å². The number of aromatic nitrogens is 3. The van der Waals surface area contributed by atoms with Crippen molar-refractivity contribution in [3.63, 3.8) is 0 Å². The van der Waals surface area contributed by atoms with Crippen molar-refractivity contribution in [1.82, 2.24) is 19.4 Å². The van der Waals surface area contributed by atoms with E-state index in [9.17, 15) is 0 Å². The first kappa shape index (κ1) is 13.8. The number of imidazole rings is 1. The maximum absolute atomic E-state index is 6.07. The fourth-order valence-corrected chi connectivity index (χ4v) is 2.92. The third-order valence-corrected chi connectivity index (χ3v) is 4.54. The van der Waals surface area contributed by atoms with Crippen molar-refractivity contribution in [1.29, 1.82) is 0 Å². The van der Waals surface area contributed by atoms with Gasteiger partial charge in [0.25, 0.3) is 0 Å². The van der Waals surface area contributed by atoms with E-state index in [1.54, 1.807) is 0 Å². The summed E-state index contributed by atoms with van der Waals surface area (Å²) in [7, 11) is 2.21. The summed E-state index contributed by atoms with van der Waals surface area (Å²) >= 11 is 6.07. The highest BCUT2D eigenvalue weighted by atomic mass is 35.5. The maximum Gasteiger partial charge on any atom is 0.160 e. The van der Waals surface area contributed by atoms with Crippen LogP contribution in [0.25, 0.3) is 11.2 Å². The molecule has 2 heterocycles. The quantitative estimate of drug-likeness (QED) is 0.795. The number of likely N-dealkylation sites (N-methyl/N-ethyl adjacent to an activating group) is 1. The average molecular weight is 293 g/mol. The molecule has 0 aromatic carbocycles. The van der Waals surface area contributed by atoms with Crippen LogP contribution < -0.4 is 0 Å². The molecule has 0 aliphatic heterocycles. The Bertz CT molecular complexity index is 618. The Morgan fingerprint density at radius 1 is 1.50 bits per heavy atom. The normalized spacial score (nSPS) is 17.1. The first-order valence-corrected chi connectivity index (χ1v) is 7.74. The van der Waals surface area contributed by atoms with Crippen molar-refractivity contribution in [2.75, 3.05) is 7.05 Å². The lowest BCUT2D eigenvalue weighted by Gasteiger charge is -2.25. The summed E-state index contributed by atoms with van der Waals surface area (Å²) in [6, 6.07) is 3.22. The number of rotatable bonds is 5. The molecule has 0 amide bonds. The molecule has 1 aliphatic rings. The van der Waals surface area contributed by atoms with Gasteiger partial charge in [-0.2, -0.15) is 0 Å². The molecule has 1 unspecified atom stereocenters. The molecule has 1 fully saturated rings. The van der Waals surface area contributed by atoms with E-state index in [1.807, 2.05) is 12.3 Å². The van der Waals surface area contributed by atoms with Crippen LogP contribution in [-0.2, 0) is 12.4 Å². The summed E-state index contributed by atoms with van der Waals surface area (Å²) < 4.78 is 2.18. The van der Waals surface area contributed by atoms with Crippen molar-refractivity contribution in [2.24, 2.45) is 0 Å². The molecule has 5 heteroatoms. The predicted molar refractivity (Wildman–Crippen MR) is 82.1 cm³/mol. The summed E-state index contributed by atoms with van der Waals surface area (Å²) in [5.41, 5.74) is 3.09. The van der Waals surface area contributed by atoms with Crippen LogP contribution in [0.5, 0.6) is 0 Å². The first-order valence-electron chi connectivity index (χ1n) is 7.20. The summed E-state index contributed by atoms with van der Waals surface area (Å²) in [4.78, 5) is 11.6. The van der Waals surface area contributed by atoms with E-state index in [2.05, 4.69) is 40.3 Å². The third kappa shape index (κ3) is 2.42. The van der Waals surface area contributed by atoms with Gasteiger partial charge in [0, 0.05) is 24.8 Å². The van der Waals surface area contributed by atoms with Crippen LogP contribution in [-0.4, -0.2) is 38.6 Å². The Morgan fingerprint density at radius 2 is 2.25 bits per heavy atom. The molecule has 2 aromatic heterocycles. The number of fused-ring (bicyclic) bond motifs is 1. The number of hydrogen-bond acceptors (Lipinski definition) is 3. The van der Waals surface area contributed by atoms with Crippen LogP contribution >= 0.6 is 11.6 Å². The lowest BCUT2D eigenvalue weighted by atomic mass is 10.2. The molecule has 0 saturated heterocycles. The number of pyridine rings is 1. The average Bonchev–Trinajstić information content (AvgIpc) is 3.22. The minimum absolute atomic E-state index is 0.426. The van der Waals surface area contributed by atoms with Crippen LogP contribution in [0.1, 0.15) is 31.2 Å². The van der Waals surface area contributed by atoms with Crippen LogP contribution in [0.3, 0.4) is 0 Å². The first-order chi connectivity index (χ1) is 9.61. The molecule has 20 heavy (non-hydrogen) atoms. The fraction of sp³-hybridized carbons (Fsp3) is 0.600. The van der Waals surface area contributed by atoms with E-state index < -0.39 is 0 Å². The second-order valence-corrected chi connectivity index (χ2v) is 6.09. The molecule has 4 nitrogen and oxygen atoms in total. The lowest BCUT2D eigenvalue weighted by Crippen LogP contribution is -2.34. The maximum atomic E-state index is 6.07. The van der Waals surface area contributed by atoms with Gasteiger partial charge in [-0.3, -0.25) is 4.90 Å². The van der Waals surface area contributed by atoms with Crippen molar-refractivity contribution < 1.29 is 0 Å². The zero-order valence-corrected chi connectivity index (χ0v) is 13.1. The standard InChI is InChI=1S/C15H21ClN4/c1-10-6-7-17-15-14(10)18-13(8-16)20(15)9-11(2)19(3)12-4-5-12/h6-7,11-12H,4-5,8-9H2,1-3H3. The third-order valence-electron chi connectivity index (χ3n) is 4.30. The molecular weight excluding hydrogens is 272 g/mol. The highest BCUT2D eigenvalue weighted by Gasteiger charge is 2.29. The van der Waals surface area contributed by atoms with Crippen LogP contribution in [0, 0.1) is 6.92 Å². The van der Waals surface area contributed by atoms with Crippen molar-refractivity contribution in [3.05, 3.63) is 23.7 Å². The number of aryl methyl sites for hydroxylation is 1. The second kappa shape index (κ2) is 5.34. The van der Waals surface area contributed by atoms with Gasteiger partial charge in [0.05, 0.1) is 5.88 Å². The van der Waals surface area contributed by atoms with Gasteiger partial charge in [-0.05, 0) is 45.4 Å². The van der Waals surface area contributed by atoms with Gasteiger partial charge in [-0.15, -0.1) is 11.6 Å². The van der Waals surface area contributed by atoms with Crippen molar-refractivity contribution >= 4 is 22.8 Å². The topological polar surface area (TPSA) is 34.0 Å². The number of hydrogen-bond donors (Lipinski definition) is 0. The smallest absolute Gasteiger partial charge is 0.160 e. The van der Waals surface area contributed by atoms with Crippen LogP contribution in [0.4, 0.5) is 0 Å². The van der Waals surface area contributed by atoms with E-state index in [4.69, 9.17) is 11.6 Å². The summed E-state index contributed by atoms with van der Waals surface area (Å²) in [6.07, 6.45) is 4.50. The molecule has 108 valence electrons. The van der Waals surface area contributed by atoms with Gasteiger partial charge < -0.3 is 4.57 Å². The Labute approximate surface area is 124 Å². The Kier molecular flexibility index (Phi) is 3.69. The summed E-state index contributed by atoms with van der Waals surface area (Å²) in [5.74, 6) is 1.34. The molecule has 3 rings (SSSR count). The van der Waals surface area contributed by atoms with Crippen molar-refractivity contribution in [2.45, 2.75) is 51.2 Å². The summed E-state index contributed by atoms with van der Waals surface area (Å²) in [5, 5.41) is 0. The lowest BCUT2D eigenvalue weighted by molar-refractivity contribution is 0.226. The van der Waals surface area contributed by atoms with E-state index in [0.29, 0.717) is 11.9 Å². The fourth-order valence-electron chi connectivity index (χ4n) is 2.71. The summed E-state index contributed by atoms with van der Waals surface area (Å²) in [6.45, 7) is 5.22. The zero-order chi connectivity index (χ0) is 14.3. The van der Waals surface area contributed by atoms with Gasteiger partial charge >= 0.3 is 0 Å². The number of alkyl halides is 1. The van der Waals surface area contributed by atoms with Crippen LogP contribution in [0.15, 0.2) is 12.3 Å².